The smallest absolute Gasteiger partial charge is 0.283 e. The van der Waals surface area contributed by atoms with E-state index in [2.05, 4.69) is 9.56 Å². The topological polar surface area (TPSA) is 61.5 Å². The minimum absolute atomic E-state index is 0.168. The number of rotatable bonds is 2. The molecule has 142 valence electrons. The summed E-state index contributed by atoms with van der Waals surface area (Å²) in [7, 11) is 0. The SMILES string of the molecule is CC1=CSC2=NC(=O)/C(=C\c3cc(C)n(-c4ccc(Cl)cc4C)c3C)C(=N)N12. The van der Waals surface area contributed by atoms with Crippen molar-refractivity contribution in [2.75, 3.05) is 0 Å². The number of halogens is 1. The van der Waals surface area contributed by atoms with E-state index in [9.17, 15) is 4.79 Å². The van der Waals surface area contributed by atoms with E-state index in [1.807, 2.05) is 57.4 Å². The minimum atomic E-state index is -0.376. The maximum absolute atomic E-state index is 12.5. The number of amidine groups is 2. The van der Waals surface area contributed by atoms with Crippen LogP contribution in [0.5, 0.6) is 0 Å². The molecular formula is C21H19ClN4OS. The van der Waals surface area contributed by atoms with Crippen LogP contribution in [-0.4, -0.2) is 26.4 Å². The van der Waals surface area contributed by atoms with Gasteiger partial charge >= 0.3 is 0 Å². The van der Waals surface area contributed by atoms with Crippen LogP contribution in [0.1, 0.15) is 29.4 Å². The lowest BCUT2D eigenvalue weighted by Crippen LogP contribution is -2.37. The number of carbonyl (C=O) groups is 1. The van der Waals surface area contributed by atoms with E-state index >= 15 is 0 Å². The van der Waals surface area contributed by atoms with E-state index in [1.54, 1.807) is 11.0 Å². The van der Waals surface area contributed by atoms with Gasteiger partial charge in [-0.2, -0.15) is 4.99 Å². The van der Waals surface area contributed by atoms with Gasteiger partial charge in [-0.05, 0) is 74.6 Å². The van der Waals surface area contributed by atoms with Gasteiger partial charge in [-0.1, -0.05) is 23.4 Å². The van der Waals surface area contributed by atoms with E-state index in [0.717, 1.165) is 33.9 Å². The second-order valence-electron chi connectivity index (χ2n) is 6.91. The number of carbonyl (C=O) groups excluding carboxylic acids is 1. The fourth-order valence-corrected chi connectivity index (χ4v) is 4.66. The number of allylic oxidation sites excluding steroid dienone is 1. The van der Waals surface area contributed by atoms with Crippen LogP contribution in [0, 0.1) is 26.2 Å². The van der Waals surface area contributed by atoms with Gasteiger partial charge in [0, 0.05) is 27.8 Å². The Hall–Kier alpha value is -2.57. The van der Waals surface area contributed by atoms with Crippen LogP contribution in [-0.2, 0) is 4.79 Å². The molecule has 28 heavy (non-hydrogen) atoms. The average molecular weight is 411 g/mol. The summed E-state index contributed by atoms with van der Waals surface area (Å²) in [6, 6.07) is 7.83. The third-order valence-electron chi connectivity index (χ3n) is 4.96. The summed E-state index contributed by atoms with van der Waals surface area (Å²) in [5, 5.41) is 11.7. The van der Waals surface area contributed by atoms with E-state index in [-0.39, 0.29) is 11.7 Å². The highest BCUT2D eigenvalue weighted by Crippen LogP contribution is 2.33. The standard InChI is InChI=1S/C21H19ClN4OS/c1-11-7-16(22)5-6-18(11)25-12(2)8-15(14(25)4)9-17-19(23)26-13(3)10-28-21(26)24-20(17)27/h5-10,23H,1-4H3/b17-9-,23-19?. The molecule has 0 unspecified atom stereocenters. The lowest BCUT2D eigenvalue weighted by Gasteiger charge is -2.25. The van der Waals surface area contributed by atoms with Gasteiger partial charge < -0.3 is 4.57 Å². The second kappa shape index (κ2) is 6.79. The maximum atomic E-state index is 12.5. The first-order chi connectivity index (χ1) is 13.3. The number of hydrogen-bond donors (Lipinski definition) is 1. The second-order valence-corrected chi connectivity index (χ2v) is 8.18. The summed E-state index contributed by atoms with van der Waals surface area (Å²) < 4.78 is 2.14. The Morgan fingerprint density at radius 2 is 1.93 bits per heavy atom. The van der Waals surface area contributed by atoms with Crippen molar-refractivity contribution in [3.63, 3.8) is 0 Å². The zero-order chi connectivity index (χ0) is 20.2. The number of amides is 1. The van der Waals surface area contributed by atoms with Gasteiger partial charge in [0.2, 0.25) is 0 Å². The van der Waals surface area contributed by atoms with E-state index in [1.165, 1.54) is 11.8 Å². The molecule has 1 aromatic carbocycles. The number of fused-ring (bicyclic) bond motifs is 1. The quantitative estimate of drug-likeness (QED) is 0.690. The molecule has 0 saturated heterocycles. The number of benzene rings is 1. The van der Waals surface area contributed by atoms with Crippen molar-refractivity contribution in [2.24, 2.45) is 4.99 Å². The minimum Gasteiger partial charge on any atom is -0.318 e. The van der Waals surface area contributed by atoms with Crippen molar-refractivity contribution in [1.29, 1.82) is 5.41 Å². The van der Waals surface area contributed by atoms with Crippen LogP contribution in [0.3, 0.4) is 0 Å². The summed E-state index contributed by atoms with van der Waals surface area (Å²) in [5.41, 5.74) is 6.24. The highest BCUT2D eigenvalue weighted by atomic mass is 35.5. The Morgan fingerprint density at radius 1 is 1.18 bits per heavy atom. The van der Waals surface area contributed by atoms with Crippen molar-refractivity contribution in [2.45, 2.75) is 27.7 Å². The van der Waals surface area contributed by atoms with Gasteiger partial charge in [-0.15, -0.1) is 0 Å². The first-order valence-electron chi connectivity index (χ1n) is 8.80. The zero-order valence-corrected chi connectivity index (χ0v) is 17.6. The maximum Gasteiger partial charge on any atom is 0.283 e. The number of hydrogen-bond acceptors (Lipinski definition) is 3. The molecule has 7 heteroatoms. The van der Waals surface area contributed by atoms with Gasteiger partial charge in [0.15, 0.2) is 5.17 Å². The normalized spacial score (nSPS) is 17.9. The molecule has 2 aromatic rings. The fourth-order valence-electron chi connectivity index (χ4n) is 3.57. The van der Waals surface area contributed by atoms with Crippen LogP contribution in [0.2, 0.25) is 5.02 Å². The molecule has 5 nitrogen and oxygen atoms in total. The number of nitrogens with zero attached hydrogens (tertiary/aromatic N) is 3. The fraction of sp³-hybridized carbons (Fsp3) is 0.190. The molecule has 2 aliphatic rings. The molecule has 0 bridgehead atoms. The van der Waals surface area contributed by atoms with Crippen LogP contribution in [0.15, 0.2) is 45.9 Å². The van der Waals surface area contributed by atoms with Gasteiger partial charge in [-0.25, -0.2) is 0 Å². The van der Waals surface area contributed by atoms with E-state index in [4.69, 9.17) is 17.0 Å². The van der Waals surface area contributed by atoms with Crippen LogP contribution >= 0.6 is 23.4 Å². The molecule has 2 aliphatic heterocycles. The largest absolute Gasteiger partial charge is 0.318 e. The van der Waals surface area contributed by atoms with Gasteiger partial charge in [-0.3, -0.25) is 15.1 Å². The van der Waals surface area contributed by atoms with Crippen LogP contribution in [0.25, 0.3) is 11.8 Å². The first-order valence-corrected chi connectivity index (χ1v) is 10.1. The third-order valence-corrected chi connectivity index (χ3v) is 6.13. The molecule has 0 aliphatic carbocycles. The van der Waals surface area contributed by atoms with Crippen molar-refractivity contribution >= 4 is 46.3 Å². The number of aryl methyl sites for hydroxylation is 2. The molecule has 0 atom stereocenters. The van der Waals surface area contributed by atoms with E-state index in [0.29, 0.717) is 15.8 Å². The number of thioether (sulfide) groups is 1. The van der Waals surface area contributed by atoms with E-state index < -0.39 is 0 Å². The summed E-state index contributed by atoms with van der Waals surface area (Å²) in [6.07, 6.45) is 1.77. The highest BCUT2D eigenvalue weighted by molar-refractivity contribution is 8.16. The molecule has 0 spiro atoms. The van der Waals surface area contributed by atoms with Crippen molar-refractivity contribution < 1.29 is 4.79 Å². The van der Waals surface area contributed by atoms with Crippen LogP contribution in [0.4, 0.5) is 0 Å². The summed E-state index contributed by atoms with van der Waals surface area (Å²) in [4.78, 5) is 18.4. The Morgan fingerprint density at radius 3 is 2.64 bits per heavy atom. The predicted molar refractivity (Wildman–Crippen MR) is 116 cm³/mol. The lowest BCUT2D eigenvalue weighted by atomic mass is 10.1. The Kier molecular flexibility index (Phi) is 4.56. The molecule has 0 radical (unpaired) electrons. The van der Waals surface area contributed by atoms with Gasteiger partial charge in [0.25, 0.3) is 5.91 Å². The van der Waals surface area contributed by atoms with Gasteiger partial charge in [0.05, 0.1) is 5.57 Å². The van der Waals surface area contributed by atoms with Crippen molar-refractivity contribution in [3.05, 3.63) is 68.5 Å². The molecule has 1 aromatic heterocycles. The van der Waals surface area contributed by atoms with Crippen molar-refractivity contribution in [1.82, 2.24) is 9.47 Å². The van der Waals surface area contributed by atoms with Crippen molar-refractivity contribution in [3.8, 4) is 5.69 Å². The Labute approximate surface area is 172 Å². The van der Waals surface area contributed by atoms with Crippen LogP contribution < -0.4 is 0 Å². The third kappa shape index (κ3) is 2.93. The molecule has 3 heterocycles. The monoisotopic (exact) mass is 410 g/mol. The summed E-state index contributed by atoms with van der Waals surface area (Å²) >= 11 is 7.47. The average Bonchev–Trinajstić information content (AvgIpc) is 3.12. The molecule has 0 fully saturated rings. The predicted octanol–water partition coefficient (Wildman–Crippen LogP) is 5.22. The summed E-state index contributed by atoms with van der Waals surface area (Å²) in [6.45, 7) is 7.97. The molecule has 1 amide bonds. The molecular weight excluding hydrogens is 392 g/mol. The Bertz CT molecular complexity index is 1140. The highest BCUT2D eigenvalue weighted by Gasteiger charge is 2.34. The summed E-state index contributed by atoms with van der Waals surface area (Å²) in [5.74, 6) is -0.208. The van der Waals surface area contributed by atoms with Gasteiger partial charge in [0.1, 0.15) is 5.84 Å². The molecule has 1 N–H and O–H groups in total. The first kappa shape index (κ1) is 18.8. The number of nitrogens with one attached hydrogen (secondary N) is 1. The Balaban J connectivity index is 1.80. The zero-order valence-electron chi connectivity index (χ0n) is 16.0. The molecule has 0 saturated carbocycles. The molecule has 4 rings (SSSR count). The number of aliphatic imine (C=N–C) groups is 1. The number of aromatic nitrogens is 1. The lowest BCUT2D eigenvalue weighted by molar-refractivity contribution is -0.114.